The summed E-state index contributed by atoms with van der Waals surface area (Å²) in [5.74, 6) is 0.482. The molecule has 2 saturated heterocycles. The second-order valence-corrected chi connectivity index (χ2v) is 7.99. The molecule has 1 aliphatic carbocycles. The summed E-state index contributed by atoms with van der Waals surface area (Å²) in [6.07, 6.45) is 4.15. The Balaban J connectivity index is 1.55. The second-order valence-electron chi connectivity index (χ2n) is 7.99. The van der Waals surface area contributed by atoms with Crippen LogP contribution < -0.4 is 5.32 Å². The maximum absolute atomic E-state index is 12.6. The molecule has 3 atom stereocenters. The Morgan fingerprint density at radius 3 is 2.64 bits per heavy atom. The lowest BCUT2D eigenvalue weighted by Gasteiger charge is -2.55. The number of piperidine rings is 1. The van der Waals surface area contributed by atoms with Crippen molar-refractivity contribution in [3.05, 3.63) is 0 Å². The number of hydrogen-bond donors (Lipinski definition) is 2. The van der Waals surface area contributed by atoms with Gasteiger partial charge in [0.2, 0.25) is 0 Å². The topological polar surface area (TPSA) is 61.8 Å². The fraction of sp³-hybridized carbons (Fsp3) is 0.941. The third kappa shape index (κ3) is 2.42. The molecule has 3 fully saturated rings. The predicted molar refractivity (Wildman–Crippen MR) is 84.6 cm³/mol. The average Bonchev–Trinajstić information content (AvgIpc) is 2.99. The summed E-state index contributed by atoms with van der Waals surface area (Å²) in [5.41, 5.74) is 0.0573. The number of ether oxygens (including phenoxy) is 1. The first-order valence-electron chi connectivity index (χ1n) is 8.71. The summed E-state index contributed by atoms with van der Waals surface area (Å²) in [7, 11) is 0. The third-order valence-corrected chi connectivity index (χ3v) is 6.58. The summed E-state index contributed by atoms with van der Waals surface area (Å²) < 4.78 is 5.79. The van der Waals surface area contributed by atoms with Crippen LogP contribution in [0.25, 0.3) is 0 Å². The molecule has 3 unspecified atom stereocenters. The molecule has 22 heavy (non-hydrogen) atoms. The molecule has 0 aromatic carbocycles. The lowest BCUT2D eigenvalue weighted by atomic mass is 9.57. The minimum absolute atomic E-state index is 0.0247. The van der Waals surface area contributed by atoms with E-state index in [1.54, 1.807) is 0 Å². The lowest BCUT2D eigenvalue weighted by molar-refractivity contribution is -0.109. The quantitative estimate of drug-likeness (QED) is 0.838. The van der Waals surface area contributed by atoms with Gasteiger partial charge < -0.3 is 20.1 Å². The predicted octanol–water partition coefficient (Wildman–Crippen LogP) is 1.99. The Morgan fingerprint density at radius 2 is 2.05 bits per heavy atom. The van der Waals surface area contributed by atoms with E-state index >= 15 is 0 Å². The van der Waals surface area contributed by atoms with E-state index in [1.165, 1.54) is 0 Å². The number of fused-ring (bicyclic) bond motifs is 1. The number of aliphatic hydroxyl groups is 1. The van der Waals surface area contributed by atoms with Crippen LogP contribution in [0.3, 0.4) is 0 Å². The molecule has 2 amide bonds. The van der Waals surface area contributed by atoms with Gasteiger partial charge in [0.1, 0.15) is 0 Å². The summed E-state index contributed by atoms with van der Waals surface area (Å²) in [5, 5.41) is 12.9. The van der Waals surface area contributed by atoms with Crippen molar-refractivity contribution in [2.45, 2.75) is 58.6 Å². The number of carbonyl (C=O) groups excluding carboxylic acids is 1. The van der Waals surface area contributed by atoms with Crippen molar-refractivity contribution in [2.75, 3.05) is 26.3 Å². The van der Waals surface area contributed by atoms with Crippen molar-refractivity contribution in [1.29, 1.82) is 0 Å². The molecule has 3 aliphatic rings. The molecule has 0 aromatic rings. The highest BCUT2D eigenvalue weighted by molar-refractivity contribution is 5.75. The Kier molecular flexibility index (Phi) is 4.14. The van der Waals surface area contributed by atoms with Crippen LogP contribution in [0.4, 0.5) is 4.79 Å². The number of nitrogens with one attached hydrogen (secondary N) is 1. The molecule has 126 valence electrons. The van der Waals surface area contributed by atoms with Gasteiger partial charge in [-0.25, -0.2) is 4.79 Å². The normalized spacial score (nSPS) is 35.6. The number of amides is 2. The standard InChI is InChI=1S/C17H30N2O3/c1-4-17(11-20)6-8-19(9-7-17)15(21)18-13-12-5-10-22-14(12)16(13,2)3/h12-14,20H,4-11H2,1-3H3,(H,18,21). The SMILES string of the molecule is CCC1(CO)CCN(C(=O)NC2C3CCOC3C2(C)C)CC1. The van der Waals surface area contributed by atoms with E-state index in [2.05, 4.69) is 26.1 Å². The van der Waals surface area contributed by atoms with Gasteiger partial charge in [-0.1, -0.05) is 20.8 Å². The average molecular weight is 310 g/mol. The monoisotopic (exact) mass is 310 g/mol. The van der Waals surface area contributed by atoms with Gasteiger partial charge >= 0.3 is 6.03 Å². The first-order valence-corrected chi connectivity index (χ1v) is 8.71. The van der Waals surface area contributed by atoms with Gasteiger partial charge in [-0.3, -0.25) is 0 Å². The summed E-state index contributed by atoms with van der Waals surface area (Å²) in [6.45, 7) is 9.06. The number of aliphatic hydroxyl groups excluding tert-OH is 1. The molecule has 0 radical (unpaired) electrons. The van der Waals surface area contributed by atoms with Crippen molar-refractivity contribution < 1.29 is 14.6 Å². The van der Waals surface area contributed by atoms with E-state index in [0.717, 1.165) is 45.4 Å². The molecule has 2 heterocycles. The third-order valence-electron chi connectivity index (χ3n) is 6.58. The molecule has 0 spiro atoms. The van der Waals surface area contributed by atoms with Crippen molar-refractivity contribution in [1.82, 2.24) is 10.2 Å². The van der Waals surface area contributed by atoms with Crippen LogP contribution in [0.1, 0.15) is 46.5 Å². The molecule has 2 aliphatic heterocycles. The molecule has 5 nitrogen and oxygen atoms in total. The highest BCUT2D eigenvalue weighted by Crippen LogP contribution is 2.52. The molecule has 1 saturated carbocycles. The fourth-order valence-electron chi connectivity index (χ4n) is 4.65. The Bertz CT molecular complexity index is 424. The van der Waals surface area contributed by atoms with Crippen molar-refractivity contribution in [3.8, 4) is 0 Å². The minimum atomic E-state index is 0.0247. The largest absolute Gasteiger partial charge is 0.396 e. The van der Waals surface area contributed by atoms with E-state index in [9.17, 15) is 9.90 Å². The Morgan fingerprint density at radius 1 is 1.36 bits per heavy atom. The van der Waals surface area contributed by atoms with E-state index in [0.29, 0.717) is 12.0 Å². The van der Waals surface area contributed by atoms with Gasteiger partial charge in [-0.15, -0.1) is 0 Å². The zero-order valence-corrected chi connectivity index (χ0v) is 14.1. The number of urea groups is 1. The number of carbonyl (C=O) groups is 1. The van der Waals surface area contributed by atoms with Crippen LogP contribution in [0, 0.1) is 16.7 Å². The van der Waals surface area contributed by atoms with Crippen molar-refractivity contribution in [3.63, 3.8) is 0 Å². The van der Waals surface area contributed by atoms with Crippen molar-refractivity contribution in [2.24, 2.45) is 16.7 Å². The zero-order valence-electron chi connectivity index (χ0n) is 14.1. The Hall–Kier alpha value is -0.810. The Labute approximate surface area is 133 Å². The maximum Gasteiger partial charge on any atom is 0.317 e. The van der Waals surface area contributed by atoms with Crippen molar-refractivity contribution >= 4 is 6.03 Å². The maximum atomic E-state index is 12.6. The van der Waals surface area contributed by atoms with Gasteiger partial charge in [0, 0.05) is 43.7 Å². The molecular formula is C17H30N2O3. The fourth-order valence-corrected chi connectivity index (χ4v) is 4.65. The number of hydrogen-bond acceptors (Lipinski definition) is 3. The van der Waals surface area contributed by atoms with Crippen LogP contribution in [0.5, 0.6) is 0 Å². The van der Waals surface area contributed by atoms with Crippen LogP contribution in [0.2, 0.25) is 0 Å². The van der Waals surface area contributed by atoms with E-state index in [-0.39, 0.29) is 29.5 Å². The van der Waals surface area contributed by atoms with Crippen LogP contribution >= 0.6 is 0 Å². The van der Waals surface area contributed by atoms with Gasteiger partial charge in [0.05, 0.1) is 6.10 Å². The molecule has 0 bridgehead atoms. The molecule has 5 heteroatoms. The molecular weight excluding hydrogens is 280 g/mol. The first kappa shape index (κ1) is 16.1. The van der Waals surface area contributed by atoms with Crippen LogP contribution in [-0.2, 0) is 4.74 Å². The van der Waals surface area contributed by atoms with E-state index < -0.39 is 0 Å². The first-order chi connectivity index (χ1) is 10.4. The van der Waals surface area contributed by atoms with Crippen LogP contribution in [0.15, 0.2) is 0 Å². The number of likely N-dealkylation sites (tertiary alicyclic amines) is 1. The molecule has 0 aromatic heterocycles. The highest BCUT2D eigenvalue weighted by Gasteiger charge is 2.60. The van der Waals surface area contributed by atoms with Gasteiger partial charge in [0.15, 0.2) is 0 Å². The summed E-state index contributed by atoms with van der Waals surface area (Å²) >= 11 is 0. The summed E-state index contributed by atoms with van der Waals surface area (Å²) in [6, 6.07) is 0.286. The van der Waals surface area contributed by atoms with Crippen LogP contribution in [-0.4, -0.2) is 54.5 Å². The second kappa shape index (κ2) is 5.68. The number of nitrogens with zero attached hydrogens (tertiary/aromatic N) is 1. The number of rotatable bonds is 3. The molecule has 2 N–H and O–H groups in total. The molecule has 3 rings (SSSR count). The smallest absolute Gasteiger partial charge is 0.317 e. The van der Waals surface area contributed by atoms with Gasteiger partial charge in [-0.05, 0) is 31.1 Å². The summed E-state index contributed by atoms with van der Waals surface area (Å²) in [4.78, 5) is 14.5. The van der Waals surface area contributed by atoms with E-state index in [1.807, 2.05) is 4.90 Å². The zero-order chi connectivity index (χ0) is 16.0. The van der Waals surface area contributed by atoms with E-state index in [4.69, 9.17) is 4.74 Å². The van der Waals surface area contributed by atoms with Gasteiger partial charge in [-0.2, -0.15) is 0 Å². The van der Waals surface area contributed by atoms with Gasteiger partial charge in [0.25, 0.3) is 0 Å². The minimum Gasteiger partial charge on any atom is -0.396 e. The lowest BCUT2D eigenvalue weighted by Crippen LogP contribution is -2.68. The highest BCUT2D eigenvalue weighted by atomic mass is 16.5.